The highest BCUT2D eigenvalue weighted by atomic mass is 19.1. The number of benzene rings is 2. The molecule has 3 aromatic rings. The van der Waals surface area contributed by atoms with E-state index in [0.717, 1.165) is 28.2 Å². The number of carbonyl (C=O) groups excluding carboxylic acids is 1. The number of nitrogens with zero attached hydrogens (tertiary/aromatic N) is 1. The largest absolute Gasteiger partial charge is 0.373 e. The zero-order chi connectivity index (χ0) is 17.1. The highest BCUT2D eigenvalue weighted by Crippen LogP contribution is 2.29. The Morgan fingerprint density at radius 1 is 1.17 bits per heavy atom. The lowest BCUT2D eigenvalue weighted by Crippen LogP contribution is -2.07. The predicted molar refractivity (Wildman–Crippen MR) is 95.5 cm³/mol. The molecule has 1 aromatic heterocycles. The third-order valence-corrected chi connectivity index (χ3v) is 3.69. The molecule has 2 aromatic carbocycles. The SMILES string of the molecule is C=CC(=O)Nc1cc(F)cc(-c2ccc3ccnc(NC)c3c2)c1. The van der Waals surface area contributed by atoms with Gasteiger partial charge in [-0.25, -0.2) is 9.37 Å². The molecule has 2 N–H and O–H groups in total. The Bertz CT molecular complexity index is 937. The fraction of sp³-hybridized carbons (Fsp3) is 0.0526. The van der Waals surface area contributed by atoms with Gasteiger partial charge in [0.05, 0.1) is 0 Å². The number of aromatic nitrogens is 1. The van der Waals surface area contributed by atoms with E-state index in [1.807, 2.05) is 24.3 Å². The summed E-state index contributed by atoms with van der Waals surface area (Å²) in [6.07, 6.45) is 2.88. The summed E-state index contributed by atoms with van der Waals surface area (Å²) in [6.45, 7) is 3.39. The summed E-state index contributed by atoms with van der Waals surface area (Å²) < 4.78 is 13.9. The number of hydrogen-bond donors (Lipinski definition) is 2. The maximum Gasteiger partial charge on any atom is 0.247 e. The lowest BCUT2D eigenvalue weighted by atomic mass is 10.0. The van der Waals surface area contributed by atoms with Crippen molar-refractivity contribution in [1.82, 2.24) is 4.98 Å². The Kier molecular flexibility index (Phi) is 4.24. The van der Waals surface area contributed by atoms with Gasteiger partial charge in [-0.3, -0.25) is 4.79 Å². The molecule has 0 bridgehead atoms. The first-order valence-corrected chi connectivity index (χ1v) is 7.41. The maximum atomic E-state index is 13.9. The van der Waals surface area contributed by atoms with Crippen LogP contribution in [0.4, 0.5) is 15.9 Å². The molecule has 0 aliphatic heterocycles. The van der Waals surface area contributed by atoms with E-state index in [1.54, 1.807) is 19.3 Å². The van der Waals surface area contributed by atoms with Crippen molar-refractivity contribution in [2.24, 2.45) is 0 Å². The van der Waals surface area contributed by atoms with Crippen LogP contribution in [0.1, 0.15) is 0 Å². The predicted octanol–water partition coefficient (Wildman–Crippen LogP) is 4.21. The van der Waals surface area contributed by atoms with Gasteiger partial charge >= 0.3 is 0 Å². The summed E-state index contributed by atoms with van der Waals surface area (Å²) >= 11 is 0. The van der Waals surface area contributed by atoms with Crippen LogP contribution in [0.5, 0.6) is 0 Å². The fourth-order valence-corrected chi connectivity index (χ4v) is 2.57. The monoisotopic (exact) mass is 321 g/mol. The molecule has 0 saturated heterocycles. The normalized spacial score (nSPS) is 10.4. The Balaban J connectivity index is 2.09. The molecule has 0 atom stereocenters. The standard InChI is InChI=1S/C19H16FN3O/c1-3-18(24)23-16-9-14(8-15(20)11-16)13-5-4-12-6-7-22-19(21-2)17(12)10-13/h3-11H,1H2,2H3,(H,21,22)(H,23,24). The summed E-state index contributed by atoms with van der Waals surface area (Å²) in [6, 6.07) is 12.2. The quantitative estimate of drug-likeness (QED) is 0.708. The van der Waals surface area contributed by atoms with E-state index in [1.165, 1.54) is 12.1 Å². The van der Waals surface area contributed by atoms with Crippen LogP contribution in [0, 0.1) is 5.82 Å². The Labute approximate surface area is 139 Å². The van der Waals surface area contributed by atoms with Gasteiger partial charge in [0, 0.05) is 24.3 Å². The van der Waals surface area contributed by atoms with Crippen LogP contribution in [0.25, 0.3) is 21.9 Å². The zero-order valence-corrected chi connectivity index (χ0v) is 13.1. The minimum Gasteiger partial charge on any atom is -0.373 e. The van der Waals surface area contributed by atoms with E-state index in [0.29, 0.717) is 11.3 Å². The molecular weight excluding hydrogens is 305 g/mol. The first-order valence-electron chi connectivity index (χ1n) is 7.41. The molecule has 24 heavy (non-hydrogen) atoms. The van der Waals surface area contributed by atoms with E-state index >= 15 is 0 Å². The molecule has 1 heterocycles. The van der Waals surface area contributed by atoms with Gasteiger partial charge in [-0.2, -0.15) is 0 Å². The third kappa shape index (κ3) is 3.10. The summed E-state index contributed by atoms with van der Waals surface area (Å²) in [5.74, 6) is -0.0512. The van der Waals surface area contributed by atoms with Crippen molar-refractivity contribution in [2.75, 3.05) is 17.7 Å². The van der Waals surface area contributed by atoms with Crippen molar-refractivity contribution in [3.05, 3.63) is 67.1 Å². The van der Waals surface area contributed by atoms with Gasteiger partial charge < -0.3 is 10.6 Å². The number of carbonyl (C=O) groups is 1. The van der Waals surface area contributed by atoms with Gasteiger partial charge in [-0.1, -0.05) is 18.7 Å². The fourth-order valence-electron chi connectivity index (χ4n) is 2.57. The first kappa shape index (κ1) is 15.7. The van der Waals surface area contributed by atoms with Crippen LogP contribution in [0.3, 0.4) is 0 Å². The minimum atomic E-state index is -0.424. The van der Waals surface area contributed by atoms with Crippen molar-refractivity contribution in [3.8, 4) is 11.1 Å². The van der Waals surface area contributed by atoms with Gasteiger partial charge in [0.2, 0.25) is 5.91 Å². The van der Waals surface area contributed by atoms with Crippen molar-refractivity contribution >= 4 is 28.2 Å². The molecule has 0 fully saturated rings. The lowest BCUT2D eigenvalue weighted by Gasteiger charge is -2.10. The van der Waals surface area contributed by atoms with Crippen molar-refractivity contribution < 1.29 is 9.18 Å². The second-order valence-corrected chi connectivity index (χ2v) is 5.27. The molecule has 0 radical (unpaired) electrons. The number of amides is 1. The molecular formula is C19H16FN3O. The summed E-state index contributed by atoms with van der Waals surface area (Å²) in [4.78, 5) is 15.7. The van der Waals surface area contributed by atoms with Gasteiger partial charge in [-0.15, -0.1) is 0 Å². The van der Waals surface area contributed by atoms with E-state index < -0.39 is 5.82 Å². The highest BCUT2D eigenvalue weighted by Gasteiger charge is 2.08. The Hall–Kier alpha value is -3.21. The van der Waals surface area contributed by atoms with Crippen LogP contribution in [-0.4, -0.2) is 17.9 Å². The number of pyridine rings is 1. The molecule has 120 valence electrons. The topological polar surface area (TPSA) is 54.0 Å². The summed E-state index contributed by atoms with van der Waals surface area (Å²) in [7, 11) is 1.81. The van der Waals surface area contributed by atoms with Crippen LogP contribution < -0.4 is 10.6 Å². The van der Waals surface area contributed by atoms with Gasteiger partial charge in [0.25, 0.3) is 0 Å². The van der Waals surface area contributed by atoms with Crippen molar-refractivity contribution in [1.29, 1.82) is 0 Å². The van der Waals surface area contributed by atoms with Crippen molar-refractivity contribution in [2.45, 2.75) is 0 Å². The lowest BCUT2D eigenvalue weighted by molar-refractivity contribution is -0.111. The number of nitrogens with one attached hydrogen (secondary N) is 2. The number of anilines is 2. The highest BCUT2D eigenvalue weighted by molar-refractivity contribution is 5.99. The van der Waals surface area contributed by atoms with Gasteiger partial charge in [0.15, 0.2) is 0 Å². The molecule has 3 rings (SSSR count). The number of fused-ring (bicyclic) bond motifs is 1. The first-order chi connectivity index (χ1) is 11.6. The molecule has 0 unspecified atom stereocenters. The second-order valence-electron chi connectivity index (χ2n) is 5.27. The van der Waals surface area contributed by atoms with Crippen molar-refractivity contribution in [3.63, 3.8) is 0 Å². The third-order valence-electron chi connectivity index (χ3n) is 3.69. The average molecular weight is 321 g/mol. The maximum absolute atomic E-state index is 13.9. The minimum absolute atomic E-state index is 0.383. The molecule has 5 heteroatoms. The summed E-state index contributed by atoms with van der Waals surface area (Å²) in [5.41, 5.74) is 1.89. The molecule has 0 saturated carbocycles. The average Bonchev–Trinajstić information content (AvgIpc) is 2.60. The summed E-state index contributed by atoms with van der Waals surface area (Å²) in [5, 5.41) is 7.61. The van der Waals surface area contributed by atoms with Crippen LogP contribution in [0.15, 0.2) is 61.3 Å². The van der Waals surface area contributed by atoms with Crippen LogP contribution in [0.2, 0.25) is 0 Å². The molecule has 0 aliphatic carbocycles. The number of halogens is 1. The van der Waals surface area contributed by atoms with E-state index in [2.05, 4.69) is 22.2 Å². The van der Waals surface area contributed by atoms with Crippen LogP contribution >= 0.6 is 0 Å². The van der Waals surface area contributed by atoms with E-state index in [4.69, 9.17) is 0 Å². The molecule has 0 aliphatic rings. The van der Waals surface area contributed by atoms with E-state index in [-0.39, 0.29) is 5.91 Å². The Morgan fingerprint density at radius 3 is 2.75 bits per heavy atom. The smallest absolute Gasteiger partial charge is 0.247 e. The van der Waals surface area contributed by atoms with Gasteiger partial charge in [0.1, 0.15) is 11.6 Å². The zero-order valence-electron chi connectivity index (χ0n) is 13.1. The second kappa shape index (κ2) is 6.50. The molecule has 1 amide bonds. The van der Waals surface area contributed by atoms with Gasteiger partial charge in [-0.05, 0) is 52.9 Å². The number of rotatable bonds is 4. The molecule has 4 nitrogen and oxygen atoms in total. The Morgan fingerprint density at radius 2 is 2.00 bits per heavy atom. The van der Waals surface area contributed by atoms with Crippen LogP contribution in [-0.2, 0) is 4.79 Å². The number of hydrogen-bond acceptors (Lipinski definition) is 3. The van der Waals surface area contributed by atoms with E-state index in [9.17, 15) is 9.18 Å². The molecule has 0 spiro atoms.